The Morgan fingerprint density at radius 3 is 2.62 bits per heavy atom. The fraction of sp³-hybridized carbons (Fsp3) is 0.414. The van der Waals surface area contributed by atoms with Crippen molar-refractivity contribution in [2.24, 2.45) is 0 Å². The lowest BCUT2D eigenvalue weighted by Gasteiger charge is -2.24. The van der Waals surface area contributed by atoms with E-state index in [0.717, 1.165) is 47.5 Å². The highest BCUT2D eigenvalue weighted by molar-refractivity contribution is 5.62. The van der Waals surface area contributed by atoms with Crippen molar-refractivity contribution in [1.82, 2.24) is 14.9 Å². The van der Waals surface area contributed by atoms with Crippen LogP contribution >= 0.6 is 0 Å². The van der Waals surface area contributed by atoms with Crippen LogP contribution in [0.15, 0.2) is 48.7 Å². The third-order valence-corrected chi connectivity index (χ3v) is 6.97. The molecule has 2 fully saturated rings. The molecular formula is C29H34N6O2. The monoisotopic (exact) mass is 498 g/mol. The number of hydroxylamine groups is 1. The van der Waals surface area contributed by atoms with E-state index in [9.17, 15) is 5.26 Å². The number of rotatable bonds is 9. The van der Waals surface area contributed by atoms with Crippen LogP contribution in [-0.4, -0.2) is 47.7 Å². The Bertz CT molecular complexity index is 1230. The SMILES string of the molecule is Cc1cc(Nc2ncc(C#N)c(N3OCC[C@H]3c3ccccc3)n2)cc(C)c1OCCCN1CCCC1. The standard InChI is InChI=1S/C29H34N6O2/c1-21-17-25(18-22(2)27(21)36-15-8-14-34-12-6-7-13-34)32-29-31-20-24(19-30)28(33-29)35-26(11-16-37-35)23-9-4-3-5-10-23/h3-5,9-10,17-18,20,26H,6-8,11-16H2,1-2H3,(H,31,32,33)/t26-/m0/s1. The molecule has 1 atom stereocenters. The van der Waals surface area contributed by atoms with Crippen molar-refractivity contribution in [2.75, 3.05) is 43.2 Å². The fourth-order valence-corrected chi connectivity index (χ4v) is 5.18. The summed E-state index contributed by atoms with van der Waals surface area (Å²) in [4.78, 5) is 17.5. The van der Waals surface area contributed by atoms with Crippen molar-refractivity contribution in [1.29, 1.82) is 5.26 Å². The number of anilines is 3. The Morgan fingerprint density at radius 2 is 1.89 bits per heavy atom. The van der Waals surface area contributed by atoms with Gasteiger partial charge in [-0.05, 0) is 75.0 Å². The molecule has 2 aliphatic heterocycles. The first-order chi connectivity index (χ1) is 18.1. The van der Waals surface area contributed by atoms with Crippen LogP contribution in [0, 0.1) is 25.2 Å². The van der Waals surface area contributed by atoms with E-state index in [4.69, 9.17) is 14.6 Å². The van der Waals surface area contributed by atoms with Gasteiger partial charge in [-0.1, -0.05) is 30.3 Å². The van der Waals surface area contributed by atoms with E-state index in [1.165, 1.54) is 25.9 Å². The summed E-state index contributed by atoms with van der Waals surface area (Å²) in [5, 5.41) is 14.8. The van der Waals surface area contributed by atoms with Gasteiger partial charge in [-0.3, -0.25) is 4.84 Å². The summed E-state index contributed by atoms with van der Waals surface area (Å²) in [5.74, 6) is 1.82. The molecule has 2 aromatic carbocycles. The first-order valence-electron chi connectivity index (χ1n) is 13.1. The Kier molecular flexibility index (Phi) is 7.83. The lowest BCUT2D eigenvalue weighted by Crippen LogP contribution is -2.23. The number of aromatic nitrogens is 2. The van der Waals surface area contributed by atoms with Gasteiger partial charge < -0.3 is 15.0 Å². The predicted molar refractivity (Wildman–Crippen MR) is 144 cm³/mol. The van der Waals surface area contributed by atoms with E-state index in [1.54, 1.807) is 11.3 Å². The van der Waals surface area contributed by atoms with Gasteiger partial charge in [0.1, 0.15) is 17.4 Å². The van der Waals surface area contributed by atoms with Gasteiger partial charge in [-0.2, -0.15) is 10.2 Å². The van der Waals surface area contributed by atoms with Gasteiger partial charge in [0.15, 0.2) is 5.82 Å². The number of benzene rings is 2. The van der Waals surface area contributed by atoms with Crippen LogP contribution in [0.1, 0.15) is 54.0 Å². The molecule has 192 valence electrons. The quantitative estimate of drug-likeness (QED) is 0.390. The molecule has 0 amide bonds. The summed E-state index contributed by atoms with van der Waals surface area (Å²) in [6.07, 6.45) is 6.03. The maximum atomic E-state index is 9.72. The summed E-state index contributed by atoms with van der Waals surface area (Å²) >= 11 is 0. The van der Waals surface area contributed by atoms with Crippen molar-refractivity contribution in [3.05, 3.63) is 70.9 Å². The molecule has 8 nitrogen and oxygen atoms in total. The average Bonchev–Trinajstić information content (AvgIpc) is 3.61. The summed E-state index contributed by atoms with van der Waals surface area (Å²) in [6, 6.07) is 16.4. The van der Waals surface area contributed by atoms with Gasteiger partial charge in [0.2, 0.25) is 5.95 Å². The van der Waals surface area contributed by atoms with Crippen molar-refractivity contribution in [2.45, 2.75) is 45.6 Å². The van der Waals surface area contributed by atoms with E-state index in [0.29, 0.717) is 30.5 Å². The zero-order valence-corrected chi connectivity index (χ0v) is 21.6. The predicted octanol–water partition coefficient (Wildman–Crippen LogP) is 5.46. The Hall–Kier alpha value is -3.67. The second kappa shape index (κ2) is 11.6. The molecule has 1 N–H and O–H groups in total. The maximum Gasteiger partial charge on any atom is 0.229 e. The Balaban J connectivity index is 1.29. The number of nitriles is 1. The van der Waals surface area contributed by atoms with Gasteiger partial charge >= 0.3 is 0 Å². The summed E-state index contributed by atoms with van der Waals surface area (Å²) in [5.41, 5.74) is 4.49. The third kappa shape index (κ3) is 5.85. The first-order valence-corrected chi connectivity index (χ1v) is 13.1. The molecule has 37 heavy (non-hydrogen) atoms. The zero-order valence-electron chi connectivity index (χ0n) is 21.6. The molecule has 0 saturated carbocycles. The van der Waals surface area contributed by atoms with Gasteiger partial charge in [-0.15, -0.1) is 0 Å². The molecule has 0 spiro atoms. The molecule has 8 heteroatoms. The second-order valence-electron chi connectivity index (χ2n) is 9.73. The molecule has 3 heterocycles. The van der Waals surface area contributed by atoms with Crippen LogP contribution < -0.4 is 15.1 Å². The van der Waals surface area contributed by atoms with Gasteiger partial charge in [0.25, 0.3) is 0 Å². The van der Waals surface area contributed by atoms with Gasteiger partial charge in [-0.25, -0.2) is 10.0 Å². The van der Waals surface area contributed by atoms with Crippen LogP contribution in [0.4, 0.5) is 17.5 Å². The van der Waals surface area contributed by atoms with E-state index in [1.807, 2.05) is 30.3 Å². The zero-order chi connectivity index (χ0) is 25.6. The lowest BCUT2D eigenvalue weighted by atomic mass is 10.0. The number of hydrogen-bond donors (Lipinski definition) is 1. The lowest BCUT2D eigenvalue weighted by molar-refractivity contribution is 0.156. The summed E-state index contributed by atoms with van der Waals surface area (Å²) < 4.78 is 6.16. The van der Waals surface area contributed by atoms with E-state index < -0.39 is 0 Å². The van der Waals surface area contributed by atoms with Crippen LogP contribution in [0.3, 0.4) is 0 Å². The largest absolute Gasteiger partial charge is 0.493 e. The minimum absolute atomic E-state index is 0.0116. The number of hydrogen-bond acceptors (Lipinski definition) is 8. The van der Waals surface area contributed by atoms with Crippen molar-refractivity contribution in [3.8, 4) is 11.8 Å². The van der Waals surface area contributed by atoms with Crippen LogP contribution in [-0.2, 0) is 4.84 Å². The van der Waals surface area contributed by atoms with Crippen molar-refractivity contribution < 1.29 is 9.57 Å². The number of likely N-dealkylation sites (tertiary alicyclic amines) is 1. The third-order valence-electron chi connectivity index (χ3n) is 6.97. The molecular weight excluding hydrogens is 464 g/mol. The van der Waals surface area contributed by atoms with Crippen molar-refractivity contribution in [3.63, 3.8) is 0 Å². The molecule has 3 aromatic rings. The second-order valence-corrected chi connectivity index (χ2v) is 9.73. The molecule has 0 aliphatic carbocycles. The van der Waals surface area contributed by atoms with E-state index in [2.05, 4.69) is 47.3 Å². The minimum Gasteiger partial charge on any atom is -0.493 e. The van der Waals surface area contributed by atoms with Crippen molar-refractivity contribution >= 4 is 17.5 Å². The molecule has 0 unspecified atom stereocenters. The normalized spacial score (nSPS) is 17.6. The van der Waals surface area contributed by atoms with Gasteiger partial charge in [0.05, 0.1) is 25.5 Å². The number of aryl methyl sites for hydroxylation is 2. The van der Waals surface area contributed by atoms with Gasteiger partial charge in [0, 0.05) is 18.7 Å². The molecule has 2 aliphatic rings. The number of ether oxygens (including phenoxy) is 1. The molecule has 0 bridgehead atoms. The fourth-order valence-electron chi connectivity index (χ4n) is 5.18. The highest BCUT2D eigenvalue weighted by Gasteiger charge is 2.31. The maximum absolute atomic E-state index is 9.72. The number of nitrogens with one attached hydrogen (secondary N) is 1. The molecule has 1 aromatic heterocycles. The first kappa shape index (κ1) is 25.0. The van der Waals surface area contributed by atoms with Crippen LogP contribution in [0.2, 0.25) is 0 Å². The Labute approximate surface area is 218 Å². The summed E-state index contributed by atoms with van der Waals surface area (Å²) in [7, 11) is 0. The highest BCUT2D eigenvalue weighted by atomic mass is 16.7. The smallest absolute Gasteiger partial charge is 0.229 e. The Morgan fingerprint density at radius 1 is 1.14 bits per heavy atom. The molecule has 5 rings (SSSR count). The van der Waals surface area contributed by atoms with Crippen LogP contribution in [0.25, 0.3) is 0 Å². The topological polar surface area (TPSA) is 86.5 Å². The van der Waals surface area contributed by atoms with E-state index in [-0.39, 0.29) is 6.04 Å². The highest BCUT2D eigenvalue weighted by Crippen LogP contribution is 2.36. The van der Waals surface area contributed by atoms with E-state index >= 15 is 0 Å². The summed E-state index contributed by atoms with van der Waals surface area (Å²) in [6.45, 7) is 8.92. The minimum atomic E-state index is -0.0116. The molecule has 0 radical (unpaired) electrons. The molecule has 2 saturated heterocycles. The number of nitrogens with zero attached hydrogens (tertiary/aromatic N) is 5. The average molecular weight is 499 g/mol. The van der Waals surface area contributed by atoms with Crippen LogP contribution in [0.5, 0.6) is 5.75 Å².